The average molecular weight is 455 g/mol. The summed E-state index contributed by atoms with van der Waals surface area (Å²) in [6, 6.07) is 12.1. The number of benzene rings is 2. The maximum Gasteiger partial charge on any atom is 0.416 e. The first-order valence-electron chi connectivity index (χ1n) is 11.0. The monoisotopic (exact) mass is 455 g/mol. The smallest absolute Gasteiger partial charge is 0.352 e. The molecule has 0 spiro atoms. The maximum atomic E-state index is 12.9. The predicted molar refractivity (Wildman–Crippen MR) is 117 cm³/mol. The molecule has 1 unspecified atom stereocenters. The van der Waals surface area contributed by atoms with Crippen molar-refractivity contribution in [2.24, 2.45) is 10.2 Å². The van der Waals surface area contributed by atoms with Crippen LogP contribution in [-0.4, -0.2) is 24.4 Å². The number of alkyl halides is 3. The van der Waals surface area contributed by atoms with Gasteiger partial charge in [0.15, 0.2) is 0 Å². The summed E-state index contributed by atoms with van der Waals surface area (Å²) in [5.74, 6) is -0.517. The van der Waals surface area contributed by atoms with E-state index in [1.807, 2.05) is 6.07 Å². The van der Waals surface area contributed by atoms with E-state index in [1.54, 1.807) is 24.3 Å². The lowest BCUT2D eigenvalue weighted by Gasteiger charge is -2.25. The molecule has 0 aromatic heterocycles. The molecule has 4 rings (SSSR count). The Balaban J connectivity index is 1.37. The first-order valence-corrected chi connectivity index (χ1v) is 11.0. The van der Waals surface area contributed by atoms with E-state index in [1.165, 1.54) is 6.07 Å². The van der Waals surface area contributed by atoms with Gasteiger partial charge in [-0.2, -0.15) is 18.3 Å². The van der Waals surface area contributed by atoms with Crippen molar-refractivity contribution in [2.45, 2.75) is 50.7 Å². The fraction of sp³-hybridized carbons (Fsp3) is 0.360. The first-order chi connectivity index (χ1) is 15.8. The molecule has 0 bridgehead atoms. The van der Waals surface area contributed by atoms with Crippen LogP contribution in [0.5, 0.6) is 0 Å². The highest BCUT2D eigenvalue weighted by atomic mass is 19.4. The number of amides is 2. The summed E-state index contributed by atoms with van der Waals surface area (Å²) in [4.78, 5) is 24.6. The molecule has 1 aliphatic heterocycles. The van der Waals surface area contributed by atoms with E-state index < -0.39 is 11.7 Å². The van der Waals surface area contributed by atoms with Crippen LogP contribution in [0.1, 0.15) is 52.7 Å². The van der Waals surface area contributed by atoms with Crippen molar-refractivity contribution in [3.8, 4) is 0 Å². The Morgan fingerprint density at radius 3 is 2.61 bits per heavy atom. The number of halogens is 3. The third-order valence-electron chi connectivity index (χ3n) is 6.03. The Morgan fingerprint density at radius 2 is 1.79 bits per heavy atom. The standard InChI is InChI=1S/C25H24F3N3O2/c26-25(27,28)19-8-4-5-16(14-19)11-12-29-23(32)18-7-3-6-17(13-18)15-22-20-9-1-2-10-21(20)24(33)31-30-22/h3-8,13-14,22H,1-2,9-12,15H2,(H,29,32). The van der Waals surface area contributed by atoms with Crippen LogP contribution in [0, 0.1) is 0 Å². The largest absolute Gasteiger partial charge is 0.416 e. The van der Waals surface area contributed by atoms with Crippen molar-refractivity contribution in [2.75, 3.05) is 6.54 Å². The molecular formula is C25H24F3N3O2. The molecule has 5 nitrogen and oxygen atoms in total. The lowest BCUT2D eigenvalue weighted by atomic mass is 9.84. The topological polar surface area (TPSA) is 70.9 Å². The summed E-state index contributed by atoms with van der Waals surface area (Å²) in [7, 11) is 0. The Hall–Kier alpha value is -3.29. The van der Waals surface area contributed by atoms with E-state index in [0.717, 1.165) is 54.5 Å². The number of hydrogen-bond donors (Lipinski definition) is 1. The number of nitrogens with zero attached hydrogens (tertiary/aromatic N) is 2. The molecule has 1 heterocycles. The molecule has 0 fully saturated rings. The fourth-order valence-corrected chi connectivity index (χ4v) is 4.35. The highest BCUT2D eigenvalue weighted by Gasteiger charge is 2.30. The summed E-state index contributed by atoms with van der Waals surface area (Å²) >= 11 is 0. The summed E-state index contributed by atoms with van der Waals surface area (Å²) in [6.45, 7) is 0.222. The van der Waals surface area contributed by atoms with Gasteiger partial charge in [-0.05, 0) is 67.0 Å². The molecule has 1 aliphatic carbocycles. The zero-order valence-corrected chi connectivity index (χ0v) is 18.0. The van der Waals surface area contributed by atoms with Gasteiger partial charge in [0.05, 0.1) is 11.6 Å². The van der Waals surface area contributed by atoms with Crippen molar-refractivity contribution in [1.82, 2.24) is 5.32 Å². The normalized spacial score (nSPS) is 18.3. The molecule has 2 aromatic rings. The Morgan fingerprint density at radius 1 is 1.03 bits per heavy atom. The van der Waals surface area contributed by atoms with Crippen LogP contribution in [0.4, 0.5) is 13.2 Å². The summed E-state index contributed by atoms with van der Waals surface area (Å²) in [6.07, 6.45) is 0.0803. The van der Waals surface area contributed by atoms with Gasteiger partial charge in [0, 0.05) is 24.1 Å². The van der Waals surface area contributed by atoms with Gasteiger partial charge >= 0.3 is 6.18 Å². The minimum Gasteiger partial charge on any atom is -0.352 e. The molecule has 1 N–H and O–H groups in total. The number of carbonyl (C=O) groups is 2. The SMILES string of the molecule is O=C1N=NC(Cc2cccc(C(=O)NCCc3cccc(C(F)(F)F)c3)c2)C2=C1CCCC2. The number of carbonyl (C=O) groups excluding carboxylic acids is 2. The van der Waals surface area contributed by atoms with E-state index >= 15 is 0 Å². The van der Waals surface area contributed by atoms with Crippen molar-refractivity contribution in [3.63, 3.8) is 0 Å². The van der Waals surface area contributed by atoms with Gasteiger partial charge in [0.25, 0.3) is 11.8 Å². The quantitative estimate of drug-likeness (QED) is 0.629. The summed E-state index contributed by atoms with van der Waals surface area (Å²) in [5.41, 5.74) is 3.06. The van der Waals surface area contributed by atoms with Gasteiger partial charge in [-0.3, -0.25) is 9.59 Å². The molecule has 1 atom stereocenters. The minimum atomic E-state index is -4.39. The van der Waals surface area contributed by atoms with Gasteiger partial charge in [0.2, 0.25) is 0 Å². The van der Waals surface area contributed by atoms with Crippen LogP contribution in [0.15, 0.2) is 69.9 Å². The number of nitrogens with one attached hydrogen (secondary N) is 1. The zero-order chi connectivity index (χ0) is 23.4. The second-order valence-electron chi connectivity index (χ2n) is 8.36. The maximum absolute atomic E-state index is 12.9. The number of rotatable bonds is 6. The molecule has 0 saturated carbocycles. The number of hydrogen-bond acceptors (Lipinski definition) is 3. The molecule has 2 amide bonds. The minimum absolute atomic E-state index is 0.183. The molecule has 0 radical (unpaired) electrons. The van der Waals surface area contributed by atoms with E-state index in [-0.39, 0.29) is 24.4 Å². The van der Waals surface area contributed by atoms with Crippen LogP contribution < -0.4 is 5.32 Å². The van der Waals surface area contributed by atoms with E-state index in [0.29, 0.717) is 24.0 Å². The third kappa shape index (κ3) is 5.56. The van der Waals surface area contributed by atoms with E-state index in [2.05, 4.69) is 15.5 Å². The van der Waals surface area contributed by atoms with Crippen LogP contribution in [0.25, 0.3) is 0 Å². The Labute approximate surface area is 189 Å². The molecule has 8 heteroatoms. The van der Waals surface area contributed by atoms with Crippen LogP contribution >= 0.6 is 0 Å². The molecule has 172 valence electrons. The van der Waals surface area contributed by atoms with Gasteiger partial charge in [-0.15, -0.1) is 5.11 Å². The van der Waals surface area contributed by atoms with Crippen LogP contribution in [0.3, 0.4) is 0 Å². The average Bonchev–Trinajstić information content (AvgIpc) is 2.81. The van der Waals surface area contributed by atoms with Gasteiger partial charge in [0.1, 0.15) is 0 Å². The highest BCUT2D eigenvalue weighted by molar-refractivity contribution is 5.96. The van der Waals surface area contributed by atoms with Crippen LogP contribution in [0.2, 0.25) is 0 Å². The predicted octanol–water partition coefficient (Wildman–Crippen LogP) is 5.45. The van der Waals surface area contributed by atoms with Gasteiger partial charge in [-0.1, -0.05) is 30.3 Å². The summed E-state index contributed by atoms with van der Waals surface area (Å²) < 4.78 is 38.6. The van der Waals surface area contributed by atoms with Gasteiger partial charge in [-0.25, -0.2) is 0 Å². The highest BCUT2D eigenvalue weighted by Crippen LogP contribution is 2.33. The third-order valence-corrected chi connectivity index (χ3v) is 6.03. The molecule has 33 heavy (non-hydrogen) atoms. The van der Waals surface area contributed by atoms with Crippen LogP contribution in [-0.2, 0) is 23.8 Å². The fourth-order valence-electron chi connectivity index (χ4n) is 4.35. The molecule has 2 aliphatic rings. The van der Waals surface area contributed by atoms with Crippen molar-refractivity contribution >= 4 is 11.8 Å². The summed E-state index contributed by atoms with van der Waals surface area (Å²) in [5, 5.41) is 10.8. The van der Waals surface area contributed by atoms with Gasteiger partial charge < -0.3 is 5.32 Å². The first kappa shape index (κ1) is 22.9. The second kappa shape index (κ2) is 9.68. The van der Waals surface area contributed by atoms with E-state index in [9.17, 15) is 22.8 Å². The molecular weight excluding hydrogens is 431 g/mol. The Bertz CT molecular complexity index is 1120. The molecule has 0 saturated heterocycles. The Kier molecular flexibility index (Phi) is 6.72. The van der Waals surface area contributed by atoms with Crippen molar-refractivity contribution in [3.05, 3.63) is 81.9 Å². The van der Waals surface area contributed by atoms with Crippen molar-refractivity contribution < 1.29 is 22.8 Å². The van der Waals surface area contributed by atoms with E-state index in [4.69, 9.17) is 0 Å². The van der Waals surface area contributed by atoms with Crippen molar-refractivity contribution in [1.29, 1.82) is 0 Å². The zero-order valence-electron chi connectivity index (χ0n) is 18.0. The lowest BCUT2D eigenvalue weighted by Crippen LogP contribution is -2.26. The second-order valence-corrected chi connectivity index (χ2v) is 8.36. The number of azo groups is 1. The molecule has 2 aromatic carbocycles. The lowest BCUT2D eigenvalue weighted by molar-refractivity contribution is -0.137.